The predicted molar refractivity (Wildman–Crippen MR) is 79.8 cm³/mol. The molecule has 0 radical (unpaired) electrons. The lowest BCUT2D eigenvalue weighted by Crippen LogP contribution is -1.98. The normalized spacial score (nSPS) is 10.4. The van der Waals surface area contributed by atoms with Crippen molar-refractivity contribution in [1.82, 2.24) is 0 Å². The van der Waals surface area contributed by atoms with Crippen LogP contribution in [0.1, 0.15) is 11.1 Å². The number of ether oxygens (including phenoxy) is 1. The molecule has 7 heteroatoms. The fourth-order valence-electron chi connectivity index (χ4n) is 1.68. The third-order valence-corrected chi connectivity index (χ3v) is 3.46. The lowest BCUT2D eigenvalue weighted by Gasteiger charge is -2.10. The van der Waals surface area contributed by atoms with Gasteiger partial charge in [-0.3, -0.25) is 10.1 Å². The Morgan fingerprint density at radius 1 is 1.14 bits per heavy atom. The van der Waals surface area contributed by atoms with Crippen molar-refractivity contribution in [2.24, 2.45) is 0 Å². The Morgan fingerprint density at radius 3 is 2.48 bits per heavy atom. The number of aliphatic hydroxyl groups is 1. The van der Waals surface area contributed by atoms with E-state index in [1.165, 1.54) is 18.2 Å². The summed E-state index contributed by atoms with van der Waals surface area (Å²) in [5.74, 6) is 0.447. The quantitative estimate of drug-likeness (QED) is 0.666. The molecular formula is C14H11Cl2NO4. The number of halogens is 2. The molecule has 1 N–H and O–H groups in total. The molecule has 0 spiro atoms. The summed E-state index contributed by atoms with van der Waals surface area (Å²) in [5.41, 5.74) is 1.22. The molecule has 0 aromatic heterocycles. The monoisotopic (exact) mass is 327 g/mol. The van der Waals surface area contributed by atoms with Crippen LogP contribution in [-0.4, -0.2) is 10.0 Å². The van der Waals surface area contributed by atoms with Crippen LogP contribution in [0.5, 0.6) is 5.75 Å². The standard InChI is InChI=1S/C14H11Cl2NO4/c15-12-6-11(17(19)20)3-2-10(12)8-21-14-4-1-9(7-18)5-13(14)16/h1-6,18H,7-8H2. The van der Waals surface area contributed by atoms with Crippen LogP contribution >= 0.6 is 23.2 Å². The van der Waals surface area contributed by atoms with Gasteiger partial charge in [0, 0.05) is 17.7 Å². The van der Waals surface area contributed by atoms with Crippen LogP contribution in [0.4, 0.5) is 5.69 Å². The molecule has 0 atom stereocenters. The minimum absolute atomic E-state index is 0.0749. The van der Waals surface area contributed by atoms with Crippen molar-refractivity contribution in [3.8, 4) is 5.75 Å². The lowest BCUT2D eigenvalue weighted by molar-refractivity contribution is -0.384. The highest BCUT2D eigenvalue weighted by Crippen LogP contribution is 2.28. The molecule has 0 amide bonds. The van der Waals surface area contributed by atoms with Gasteiger partial charge in [0.05, 0.1) is 21.6 Å². The van der Waals surface area contributed by atoms with E-state index in [0.29, 0.717) is 21.9 Å². The van der Waals surface area contributed by atoms with Crippen LogP contribution < -0.4 is 4.74 Å². The van der Waals surface area contributed by atoms with Gasteiger partial charge in [-0.15, -0.1) is 0 Å². The van der Waals surface area contributed by atoms with Gasteiger partial charge >= 0.3 is 0 Å². The summed E-state index contributed by atoms with van der Waals surface area (Å²) >= 11 is 12.0. The number of aliphatic hydroxyl groups excluding tert-OH is 1. The molecule has 0 aliphatic rings. The lowest BCUT2D eigenvalue weighted by atomic mass is 10.2. The number of rotatable bonds is 5. The molecule has 0 heterocycles. The fourth-order valence-corrected chi connectivity index (χ4v) is 2.17. The van der Waals surface area contributed by atoms with Crippen molar-refractivity contribution in [1.29, 1.82) is 0 Å². The van der Waals surface area contributed by atoms with Gasteiger partial charge in [-0.25, -0.2) is 0 Å². The van der Waals surface area contributed by atoms with Crippen LogP contribution in [0.3, 0.4) is 0 Å². The summed E-state index contributed by atoms with van der Waals surface area (Å²) in [6.45, 7) is 0.0310. The molecule has 2 rings (SSSR count). The summed E-state index contributed by atoms with van der Waals surface area (Å²) in [4.78, 5) is 10.1. The van der Waals surface area contributed by atoms with E-state index in [0.717, 1.165) is 0 Å². The van der Waals surface area contributed by atoms with Crippen molar-refractivity contribution in [2.75, 3.05) is 0 Å². The van der Waals surface area contributed by atoms with Crippen LogP contribution in [0.2, 0.25) is 10.0 Å². The first-order valence-corrected chi connectivity index (χ1v) is 6.71. The van der Waals surface area contributed by atoms with Crippen LogP contribution in [0.25, 0.3) is 0 Å². The number of nitrogens with zero attached hydrogens (tertiary/aromatic N) is 1. The summed E-state index contributed by atoms with van der Waals surface area (Å²) < 4.78 is 5.54. The molecule has 110 valence electrons. The molecular weight excluding hydrogens is 317 g/mol. The zero-order chi connectivity index (χ0) is 15.4. The highest BCUT2D eigenvalue weighted by atomic mass is 35.5. The molecule has 2 aromatic carbocycles. The summed E-state index contributed by atoms with van der Waals surface area (Å²) in [6, 6.07) is 9.12. The number of hydrogen-bond acceptors (Lipinski definition) is 4. The SMILES string of the molecule is O=[N+]([O-])c1ccc(COc2ccc(CO)cc2Cl)c(Cl)c1. The molecule has 0 aliphatic carbocycles. The average molecular weight is 328 g/mol. The zero-order valence-electron chi connectivity index (χ0n) is 10.8. The van der Waals surface area contributed by atoms with Crippen LogP contribution in [-0.2, 0) is 13.2 Å². The van der Waals surface area contributed by atoms with Crippen molar-refractivity contribution >= 4 is 28.9 Å². The Kier molecular flexibility index (Phi) is 5.01. The largest absolute Gasteiger partial charge is 0.487 e. The van der Waals surface area contributed by atoms with E-state index in [9.17, 15) is 10.1 Å². The molecule has 0 bridgehead atoms. The highest BCUT2D eigenvalue weighted by molar-refractivity contribution is 6.32. The topological polar surface area (TPSA) is 72.6 Å². The van der Waals surface area contributed by atoms with Gasteiger partial charge in [-0.05, 0) is 23.8 Å². The first-order chi connectivity index (χ1) is 10.0. The first kappa shape index (κ1) is 15.6. The van der Waals surface area contributed by atoms with E-state index in [4.69, 9.17) is 33.0 Å². The van der Waals surface area contributed by atoms with Gasteiger partial charge in [-0.1, -0.05) is 29.3 Å². The molecule has 2 aromatic rings. The molecule has 5 nitrogen and oxygen atoms in total. The summed E-state index contributed by atoms with van der Waals surface area (Å²) in [7, 11) is 0. The number of benzene rings is 2. The Labute approximate surface area is 130 Å². The molecule has 0 fully saturated rings. The maximum atomic E-state index is 10.6. The first-order valence-electron chi connectivity index (χ1n) is 5.96. The smallest absolute Gasteiger partial charge is 0.270 e. The maximum absolute atomic E-state index is 10.6. The van der Waals surface area contributed by atoms with E-state index in [1.54, 1.807) is 18.2 Å². The predicted octanol–water partition coefficient (Wildman–Crippen LogP) is 3.97. The van der Waals surface area contributed by atoms with E-state index in [2.05, 4.69) is 0 Å². The molecule has 21 heavy (non-hydrogen) atoms. The van der Waals surface area contributed by atoms with Gasteiger partial charge in [0.2, 0.25) is 0 Å². The van der Waals surface area contributed by atoms with Gasteiger partial charge in [0.15, 0.2) is 0 Å². The third kappa shape index (κ3) is 3.85. The van der Waals surface area contributed by atoms with Gasteiger partial charge < -0.3 is 9.84 Å². The van der Waals surface area contributed by atoms with E-state index < -0.39 is 4.92 Å². The Hall–Kier alpha value is -1.82. The van der Waals surface area contributed by atoms with Crippen LogP contribution in [0, 0.1) is 10.1 Å². The number of non-ortho nitro benzene ring substituents is 1. The second-order valence-corrected chi connectivity index (χ2v) is 5.06. The Balaban J connectivity index is 2.11. The van der Waals surface area contributed by atoms with Gasteiger partial charge in [0.25, 0.3) is 5.69 Å². The Bertz CT molecular complexity index is 676. The van der Waals surface area contributed by atoms with E-state index in [-0.39, 0.29) is 23.9 Å². The van der Waals surface area contributed by atoms with Gasteiger partial charge in [0.1, 0.15) is 12.4 Å². The second-order valence-electron chi connectivity index (χ2n) is 4.24. The number of nitro groups is 1. The van der Waals surface area contributed by atoms with Crippen molar-refractivity contribution in [2.45, 2.75) is 13.2 Å². The fraction of sp³-hybridized carbons (Fsp3) is 0.143. The second kappa shape index (κ2) is 6.76. The van der Waals surface area contributed by atoms with E-state index in [1.807, 2.05) is 0 Å². The van der Waals surface area contributed by atoms with Crippen molar-refractivity contribution < 1.29 is 14.8 Å². The van der Waals surface area contributed by atoms with Gasteiger partial charge in [-0.2, -0.15) is 0 Å². The zero-order valence-corrected chi connectivity index (χ0v) is 12.3. The molecule has 0 saturated heterocycles. The maximum Gasteiger partial charge on any atom is 0.270 e. The summed E-state index contributed by atoms with van der Waals surface area (Å²) in [5, 5.41) is 20.3. The number of hydrogen-bond donors (Lipinski definition) is 1. The Morgan fingerprint density at radius 2 is 1.90 bits per heavy atom. The minimum atomic E-state index is -0.513. The minimum Gasteiger partial charge on any atom is -0.487 e. The highest BCUT2D eigenvalue weighted by Gasteiger charge is 2.10. The average Bonchev–Trinajstić information content (AvgIpc) is 2.46. The van der Waals surface area contributed by atoms with Crippen LogP contribution in [0.15, 0.2) is 36.4 Å². The molecule has 0 unspecified atom stereocenters. The van der Waals surface area contributed by atoms with Crippen molar-refractivity contribution in [3.63, 3.8) is 0 Å². The number of nitro benzene ring substituents is 1. The van der Waals surface area contributed by atoms with Crippen molar-refractivity contribution in [3.05, 3.63) is 67.7 Å². The molecule has 0 saturated carbocycles. The summed E-state index contributed by atoms with van der Waals surface area (Å²) in [6.07, 6.45) is 0. The van der Waals surface area contributed by atoms with E-state index >= 15 is 0 Å². The molecule has 0 aliphatic heterocycles. The third-order valence-electron chi connectivity index (χ3n) is 2.81.